The number of aromatic nitrogens is 2. The smallest absolute Gasteiger partial charge is 0.360 e. The van der Waals surface area contributed by atoms with Crippen LogP contribution in [0.2, 0.25) is 0 Å². The van der Waals surface area contributed by atoms with Gasteiger partial charge in [-0.1, -0.05) is 35.9 Å². The van der Waals surface area contributed by atoms with Gasteiger partial charge in [-0.15, -0.1) is 0 Å². The minimum atomic E-state index is -0.976. The number of ketones is 1. The van der Waals surface area contributed by atoms with Gasteiger partial charge >= 0.3 is 5.97 Å². The first-order chi connectivity index (χ1) is 12.8. The SMILES string of the molecule is Cc1ccc(C)c(C(=O)C(C)OC(=O)c2nn(C)c(=O)c3ccccc23)c1. The molecule has 6 heteroatoms. The Balaban J connectivity index is 1.93. The highest BCUT2D eigenvalue weighted by Crippen LogP contribution is 2.17. The fraction of sp³-hybridized carbons (Fsp3) is 0.238. The molecule has 0 saturated heterocycles. The Kier molecular flexibility index (Phi) is 4.90. The summed E-state index contributed by atoms with van der Waals surface area (Å²) >= 11 is 0. The molecule has 2 aromatic carbocycles. The number of fused-ring (bicyclic) bond motifs is 1. The standard InChI is InChI=1S/C21H20N2O4/c1-12-9-10-13(2)17(11-12)19(24)14(3)27-21(26)18-15-7-5-6-8-16(15)20(25)23(4)22-18/h5-11,14H,1-4H3. The van der Waals surface area contributed by atoms with Crippen LogP contribution < -0.4 is 5.56 Å². The molecule has 0 bridgehead atoms. The Bertz CT molecular complexity index is 1110. The third-order valence-electron chi connectivity index (χ3n) is 4.46. The van der Waals surface area contributed by atoms with E-state index in [0.717, 1.165) is 15.8 Å². The summed E-state index contributed by atoms with van der Waals surface area (Å²) in [5.74, 6) is -1.02. The van der Waals surface area contributed by atoms with Crippen LogP contribution in [0.5, 0.6) is 0 Å². The van der Waals surface area contributed by atoms with Gasteiger partial charge in [-0.2, -0.15) is 5.10 Å². The molecule has 1 atom stereocenters. The van der Waals surface area contributed by atoms with Crippen molar-refractivity contribution in [3.63, 3.8) is 0 Å². The quantitative estimate of drug-likeness (QED) is 0.525. The number of hydrogen-bond acceptors (Lipinski definition) is 5. The first-order valence-electron chi connectivity index (χ1n) is 8.58. The van der Waals surface area contributed by atoms with E-state index in [1.165, 1.54) is 14.0 Å². The largest absolute Gasteiger partial charge is 0.449 e. The molecule has 0 amide bonds. The third kappa shape index (κ3) is 3.51. The topological polar surface area (TPSA) is 78.3 Å². The highest BCUT2D eigenvalue weighted by atomic mass is 16.5. The lowest BCUT2D eigenvalue weighted by Crippen LogP contribution is -2.28. The van der Waals surface area contributed by atoms with Crippen molar-refractivity contribution < 1.29 is 14.3 Å². The number of aryl methyl sites for hydroxylation is 3. The lowest BCUT2D eigenvalue weighted by atomic mass is 9.99. The molecule has 0 spiro atoms. The van der Waals surface area contributed by atoms with Crippen molar-refractivity contribution >= 4 is 22.5 Å². The molecule has 3 aromatic rings. The van der Waals surface area contributed by atoms with Crippen LogP contribution in [0.1, 0.15) is 38.9 Å². The number of hydrogen-bond donors (Lipinski definition) is 0. The molecule has 27 heavy (non-hydrogen) atoms. The summed E-state index contributed by atoms with van der Waals surface area (Å²) in [7, 11) is 1.47. The average molecular weight is 364 g/mol. The van der Waals surface area contributed by atoms with Crippen molar-refractivity contribution in [1.82, 2.24) is 9.78 Å². The lowest BCUT2D eigenvalue weighted by Gasteiger charge is -2.15. The molecule has 0 radical (unpaired) electrons. The summed E-state index contributed by atoms with van der Waals surface area (Å²) in [4.78, 5) is 37.6. The molecule has 1 unspecified atom stereocenters. The molecule has 0 aliphatic carbocycles. The number of Topliss-reactive ketones (excluding diaryl/α,β-unsaturated/α-hetero) is 1. The number of esters is 1. The van der Waals surface area contributed by atoms with E-state index < -0.39 is 12.1 Å². The number of carbonyl (C=O) groups excluding carboxylic acids is 2. The first kappa shape index (κ1) is 18.5. The molecule has 1 aromatic heterocycles. The monoisotopic (exact) mass is 364 g/mol. The minimum absolute atomic E-state index is 0.00770. The van der Waals surface area contributed by atoms with E-state index in [2.05, 4.69) is 5.10 Å². The second kappa shape index (κ2) is 7.15. The van der Waals surface area contributed by atoms with Crippen molar-refractivity contribution in [2.24, 2.45) is 7.05 Å². The van der Waals surface area contributed by atoms with Gasteiger partial charge in [-0.3, -0.25) is 9.59 Å². The van der Waals surface area contributed by atoms with Crippen molar-refractivity contribution in [2.75, 3.05) is 0 Å². The zero-order chi connectivity index (χ0) is 19.7. The maximum atomic E-state index is 12.7. The van der Waals surface area contributed by atoms with Crippen LogP contribution in [-0.4, -0.2) is 27.6 Å². The van der Waals surface area contributed by atoms with Crippen molar-refractivity contribution in [2.45, 2.75) is 26.9 Å². The van der Waals surface area contributed by atoms with Crippen LogP contribution in [0.15, 0.2) is 47.3 Å². The normalized spacial score (nSPS) is 12.0. The van der Waals surface area contributed by atoms with Gasteiger partial charge in [-0.05, 0) is 38.5 Å². The van der Waals surface area contributed by atoms with Crippen LogP contribution in [-0.2, 0) is 11.8 Å². The molecule has 0 N–H and O–H groups in total. The summed E-state index contributed by atoms with van der Waals surface area (Å²) in [6.45, 7) is 5.27. The van der Waals surface area contributed by atoms with E-state index in [9.17, 15) is 14.4 Å². The number of carbonyl (C=O) groups is 2. The van der Waals surface area contributed by atoms with Gasteiger partial charge < -0.3 is 4.74 Å². The Hall–Kier alpha value is -3.28. The van der Waals surface area contributed by atoms with Gasteiger partial charge in [0.2, 0.25) is 5.78 Å². The van der Waals surface area contributed by atoms with Crippen LogP contribution in [0.4, 0.5) is 0 Å². The Morgan fingerprint density at radius 2 is 1.74 bits per heavy atom. The van der Waals surface area contributed by atoms with Crippen molar-refractivity contribution in [3.05, 3.63) is 75.2 Å². The van der Waals surface area contributed by atoms with E-state index in [1.807, 2.05) is 26.0 Å². The maximum Gasteiger partial charge on any atom is 0.360 e. The predicted molar refractivity (Wildman–Crippen MR) is 102 cm³/mol. The van der Waals surface area contributed by atoms with Gasteiger partial charge in [0.25, 0.3) is 5.56 Å². The minimum Gasteiger partial charge on any atom is -0.449 e. The Labute approximate surface area is 156 Å². The van der Waals surface area contributed by atoms with Crippen LogP contribution >= 0.6 is 0 Å². The average Bonchev–Trinajstić information content (AvgIpc) is 2.65. The maximum absolute atomic E-state index is 12.7. The molecule has 138 valence electrons. The molecule has 0 aliphatic heterocycles. The molecule has 0 saturated carbocycles. The van der Waals surface area contributed by atoms with Gasteiger partial charge in [0, 0.05) is 18.0 Å². The lowest BCUT2D eigenvalue weighted by molar-refractivity contribution is 0.0313. The number of ether oxygens (including phenoxy) is 1. The molecular weight excluding hydrogens is 344 g/mol. The molecule has 0 fully saturated rings. The number of rotatable bonds is 4. The summed E-state index contributed by atoms with van der Waals surface area (Å²) in [5.41, 5.74) is 2.00. The summed E-state index contributed by atoms with van der Waals surface area (Å²) in [5, 5.41) is 4.81. The van der Waals surface area contributed by atoms with E-state index in [4.69, 9.17) is 4.74 Å². The summed E-state index contributed by atoms with van der Waals surface area (Å²) in [6.07, 6.45) is -0.976. The summed E-state index contributed by atoms with van der Waals surface area (Å²) in [6, 6.07) is 12.2. The fourth-order valence-corrected chi connectivity index (χ4v) is 2.94. The Morgan fingerprint density at radius 1 is 1.07 bits per heavy atom. The van der Waals surface area contributed by atoms with Gasteiger partial charge in [0.05, 0.1) is 5.39 Å². The number of nitrogens with zero attached hydrogens (tertiary/aromatic N) is 2. The van der Waals surface area contributed by atoms with Gasteiger partial charge in [-0.25, -0.2) is 9.48 Å². The highest BCUT2D eigenvalue weighted by molar-refractivity contribution is 6.05. The molecular formula is C21H20N2O4. The van der Waals surface area contributed by atoms with Crippen molar-refractivity contribution in [1.29, 1.82) is 0 Å². The first-order valence-corrected chi connectivity index (χ1v) is 8.58. The van der Waals surface area contributed by atoms with E-state index >= 15 is 0 Å². The predicted octanol–water partition coefficient (Wildman–Crippen LogP) is 2.98. The molecule has 0 aliphatic rings. The van der Waals surface area contributed by atoms with Crippen LogP contribution in [0.3, 0.4) is 0 Å². The van der Waals surface area contributed by atoms with E-state index in [0.29, 0.717) is 16.3 Å². The molecule has 3 rings (SSSR count). The molecule has 6 nitrogen and oxygen atoms in total. The van der Waals surface area contributed by atoms with E-state index in [-0.39, 0.29) is 17.0 Å². The zero-order valence-electron chi connectivity index (χ0n) is 15.6. The second-order valence-electron chi connectivity index (χ2n) is 6.55. The van der Waals surface area contributed by atoms with Crippen molar-refractivity contribution in [3.8, 4) is 0 Å². The second-order valence-corrected chi connectivity index (χ2v) is 6.55. The Morgan fingerprint density at radius 3 is 2.44 bits per heavy atom. The van der Waals surface area contributed by atoms with Gasteiger partial charge in [0.1, 0.15) is 0 Å². The third-order valence-corrected chi connectivity index (χ3v) is 4.46. The zero-order valence-corrected chi connectivity index (χ0v) is 15.6. The summed E-state index contributed by atoms with van der Waals surface area (Å²) < 4.78 is 6.48. The fourth-order valence-electron chi connectivity index (χ4n) is 2.94. The number of benzene rings is 2. The van der Waals surface area contributed by atoms with Gasteiger partial charge in [0.15, 0.2) is 11.8 Å². The molecule has 1 heterocycles. The van der Waals surface area contributed by atoms with E-state index in [1.54, 1.807) is 30.3 Å². The highest BCUT2D eigenvalue weighted by Gasteiger charge is 2.24. The van der Waals surface area contributed by atoms with Crippen LogP contribution in [0.25, 0.3) is 10.8 Å². The van der Waals surface area contributed by atoms with Crippen LogP contribution in [0, 0.1) is 13.8 Å².